The molecule has 1 atom stereocenters. The molecule has 0 saturated carbocycles. The van der Waals surface area contributed by atoms with Gasteiger partial charge in [-0.15, -0.1) is 10.2 Å². The van der Waals surface area contributed by atoms with Crippen molar-refractivity contribution in [2.75, 3.05) is 27.0 Å². The van der Waals surface area contributed by atoms with Crippen LogP contribution in [0.3, 0.4) is 0 Å². The van der Waals surface area contributed by atoms with E-state index < -0.39 is 5.60 Å². The van der Waals surface area contributed by atoms with Gasteiger partial charge in [-0.25, -0.2) is 4.79 Å². The molecule has 1 unspecified atom stereocenters. The van der Waals surface area contributed by atoms with Crippen LogP contribution in [-0.4, -0.2) is 59.6 Å². The second kappa shape index (κ2) is 10.3. The van der Waals surface area contributed by atoms with Gasteiger partial charge in [-0.3, -0.25) is 4.79 Å². The van der Waals surface area contributed by atoms with Crippen LogP contribution in [0.5, 0.6) is 5.75 Å². The monoisotopic (exact) mass is 481 g/mol. The van der Waals surface area contributed by atoms with E-state index in [0.29, 0.717) is 24.5 Å². The summed E-state index contributed by atoms with van der Waals surface area (Å²) in [6.07, 6.45) is 3.69. The molecule has 1 aliphatic heterocycles. The number of ether oxygens (including phenoxy) is 3. The van der Waals surface area contributed by atoms with E-state index in [0.717, 1.165) is 60.1 Å². The molecule has 2 aromatic rings. The van der Waals surface area contributed by atoms with Crippen LogP contribution in [0.1, 0.15) is 67.2 Å². The number of methoxy groups -OCH3 is 1. The lowest BCUT2D eigenvalue weighted by Gasteiger charge is -2.33. The Balaban J connectivity index is 1.61. The Hall–Kier alpha value is -3.00. The standard InChI is InChI=1S/C27H35N3O5/c1-17-11-12-21(22(14-17)34-16-33-5)23-19-9-6-10-20(19)24(29-28-23)25(31)18-8-7-13-30(15-18)26(32)35-27(2,3)4/h11-12,14,18H,6-10,13,15-16H2,1-5H3. The number of piperidine rings is 1. The van der Waals surface area contributed by atoms with Crippen LogP contribution in [0.2, 0.25) is 0 Å². The van der Waals surface area contributed by atoms with Gasteiger partial charge in [0.1, 0.15) is 22.7 Å². The molecule has 0 N–H and O–H groups in total. The third-order valence-corrected chi connectivity index (χ3v) is 6.44. The molecule has 8 heteroatoms. The highest BCUT2D eigenvalue weighted by Gasteiger charge is 2.35. The molecular weight excluding hydrogens is 446 g/mol. The Morgan fingerprint density at radius 2 is 1.89 bits per heavy atom. The number of likely N-dealkylation sites (tertiary alicyclic amines) is 1. The third-order valence-electron chi connectivity index (χ3n) is 6.44. The molecule has 188 valence electrons. The highest BCUT2D eigenvalue weighted by atomic mass is 16.7. The van der Waals surface area contributed by atoms with Crippen molar-refractivity contribution in [2.24, 2.45) is 5.92 Å². The summed E-state index contributed by atoms with van der Waals surface area (Å²) in [5.74, 6) is 0.353. The molecule has 2 aliphatic rings. The highest BCUT2D eigenvalue weighted by Crippen LogP contribution is 2.38. The average molecular weight is 482 g/mol. The molecule has 0 bridgehead atoms. The summed E-state index contributed by atoms with van der Waals surface area (Å²) in [5.41, 5.74) is 4.61. The van der Waals surface area contributed by atoms with Gasteiger partial charge >= 0.3 is 6.09 Å². The van der Waals surface area contributed by atoms with Gasteiger partial charge in [0.05, 0.1) is 0 Å². The zero-order valence-electron chi connectivity index (χ0n) is 21.3. The number of hydrogen-bond donors (Lipinski definition) is 0. The molecule has 0 spiro atoms. The number of rotatable bonds is 6. The number of carbonyl (C=O) groups is 2. The molecule has 2 heterocycles. The Bertz CT molecular complexity index is 1110. The number of fused-ring (bicyclic) bond motifs is 1. The lowest BCUT2D eigenvalue weighted by Crippen LogP contribution is -2.44. The zero-order chi connectivity index (χ0) is 25.2. The van der Waals surface area contributed by atoms with Crippen molar-refractivity contribution in [3.63, 3.8) is 0 Å². The van der Waals surface area contributed by atoms with Crippen LogP contribution in [-0.2, 0) is 22.3 Å². The summed E-state index contributed by atoms with van der Waals surface area (Å²) in [4.78, 5) is 27.8. The molecule has 35 heavy (non-hydrogen) atoms. The predicted molar refractivity (Wildman–Crippen MR) is 132 cm³/mol. The number of amides is 1. The van der Waals surface area contributed by atoms with E-state index in [1.165, 1.54) is 0 Å². The SMILES string of the molecule is COCOc1cc(C)ccc1-c1nnc(C(=O)C2CCCN(C(=O)OC(C)(C)C)C2)c2c1CCC2. The molecule has 4 rings (SSSR count). The average Bonchev–Trinajstić information content (AvgIpc) is 3.31. The number of benzene rings is 1. The fourth-order valence-electron chi connectivity index (χ4n) is 4.85. The fraction of sp³-hybridized carbons (Fsp3) is 0.556. The van der Waals surface area contributed by atoms with Gasteiger partial charge in [-0.05, 0) is 88.6 Å². The van der Waals surface area contributed by atoms with E-state index in [-0.39, 0.29) is 24.6 Å². The lowest BCUT2D eigenvalue weighted by atomic mass is 9.89. The Morgan fingerprint density at radius 3 is 2.63 bits per heavy atom. The minimum Gasteiger partial charge on any atom is -0.467 e. The summed E-state index contributed by atoms with van der Waals surface area (Å²) < 4.78 is 16.4. The Labute approximate surface area is 207 Å². The van der Waals surface area contributed by atoms with E-state index in [1.807, 2.05) is 45.9 Å². The lowest BCUT2D eigenvalue weighted by molar-refractivity contribution is 0.0171. The molecule has 1 amide bonds. The van der Waals surface area contributed by atoms with Crippen LogP contribution in [0.4, 0.5) is 4.79 Å². The minimum absolute atomic E-state index is 0.0322. The molecule has 1 aliphatic carbocycles. The molecule has 1 aromatic carbocycles. The number of ketones is 1. The second-order valence-electron chi connectivity index (χ2n) is 10.4. The van der Waals surface area contributed by atoms with Crippen molar-refractivity contribution >= 4 is 11.9 Å². The van der Waals surface area contributed by atoms with Gasteiger partial charge in [0, 0.05) is 31.7 Å². The van der Waals surface area contributed by atoms with Gasteiger partial charge in [0.15, 0.2) is 12.6 Å². The molecule has 1 saturated heterocycles. The van der Waals surface area contributed by atoms with Crippen molar-refractivity contribution in [3.05, 3.63) is 40.6 Å². The molecular formula is C27H35N3O5. The number of hydrogen-bond acceptors (Lipinski definition) is 7. The molecule has 8 nitrogen and oxygen atoms in total. The van der Waals surface area contributed by atoms with Gasteiger partial charge < -0.3 is 19.1 Å². The number of Topliss-reactive ketones (excluding diaryl/α,β-unsaturated/α-hetero) is 1. The Morgan fingerprint density at radius 1 is 1.11 bits per heavy atom. The predicted octanol–water partition coefficient (Wildman–Crippen LogP) is 4.75. The van der Waals surface area contributed by atoms with Gasteiger partial charge in [0.25, 0.3) is 0 Å². The van der Waals surface area contributed by atoms with Crippen LogP contribution in [0, 0.1) is 12.8 Å². The van der Waals surface area contributed by atoms with Crippen LogP contribution >= 0.6 is 0 Å². The van der Waals surface area contributed by atoms with Gasteiger partial charge in [0.2, 0.25) is 0 Å². The normalized spacial score (nSPS) is 17.7. The van der Waals surface area contributed by atoms with E-state index >= 15 is 0 Å². The van der Waals surface area contributed by atoms with E-state index in [9.17, 15) is 9.59 Å². The fourth-order valence-corrected chi connectivity index (χ4v) is 4.85. The van der Waals surface area contributed by atoms with E-state index in [2.05, 4.69) is 10.2 Å². The number of aromatic nitrogens is 2. The number of nitrogens with zero attached hydrogens (tertiary/aromatic N) is 3. The van der Waals surface area contributed by atoms with Gasteiger partial charge in [-0.2, -0.15) is 0 Å². The molecule has 0 radical (unpaired) electrons. The maximum Gasteiger partial charge on any atom is 0.410 e. The van der Waals surface area contributed by atoms with Crippen molar-refractivity contribution in [1.29, 1.82) is 0 Å². The summed E-state index contributed by atoms with van der Waals surface area (Å²) >= 11 is 0. The first-order valence-corrected chi connectivity index (χ1v) is 12.3. The first kappa shape index (κ1) is 25.1. The highest BCUT2D eigenvalue weighted by molar-refractivity contribution is 5.98. The van der Waals surface area contributed by atoms with Crippen molar-refractivity contribution in [1.82, 2.24) is 15.1 Å². The van der Waals surface area contributed by atoms with Crippen molar-refractivity contribution in [2.45, 2.75) is 65.4 Å². The van der Waals surface area contributed by atoms with Crippen LogP contribution in [0.15, 0.2) is 18.2 Å². The zero-order valence-corrected chi connectivity index (χ0v) is 21.3. The summed E-state index contributed by atoms with van der Waals surface area (Å²) in [6.45, 7) is 8.62. The smallest absolute Gasteiger partial charge is 0.410 e. The maximum atomic E-state index is 13.6. The summed E-state index contributed by atoms with van der Waals surface area (Å²) in [6, 6.07) is 5.97. The summed E-state index contributed by atoms with van der Waals surface area (Å²) in [7, 11) is 1.59. The van der Waals surface area contributed by atoms with Crippen LogP contribution in [0.25, 0.3) is 11.3 Å². The topological polar surface area (TPSA) is 90.9 Å². The molecule has 1 fully saturated rings. The summed E-state index contributed by atoms with van der Waals surface area (Å²) in [5, 5.41) is 8.99. The second-order valence-corrected chi connectivity index (χ2v) is 10.4. The maximum absolute atomic E-state index is 13.6. The first-order chi connectivity index (χ1) is 16.7. The molecule has 1 aromatic heterocycles. The quantitative estimate of drug-likeness (QED) is 0.434. The van der Waals surface area contributed by atoms with Crippen LogP contribution < -0.4 is 4.74 Å². The number of carbonyl (C=O) groups excluding carboxylic acids is 2. The number of aryl methyl sites for hydroxylation is 1. The van der Waals surface area contributed by atoms with E-state index in [4.69, 9.17) is 14.2 Å². The van der Waals surface area contributed by atoms with E-state index in [1.54, 1.807) is 12.0 Å². The van der Waals surface area contributed by atoms with Crippen molar-refractivity contribution in [3.8, 4) is 17.0 Å². The van der Waals surface area contributed by atoms with Crippen molar-refractivity contribution < 1.29 is 23.8 Å². The largest absolute Gasteiger partial charge is 0.467 e. The van der Waals surface area contributed by atoms with Gasteiger partial charge in [-0.1, -0.05) is 6.07 Å². The first-order valence-electron chi connectivity index (χ1n) is 12.3. The minimum atomic E-state index is -0.571. The third kappa shape index (κ3) is 5.64. The Kier molecular flexibility index (Phi) is 7.40.